The van der Waals surface area contributed by atoms with E-state index in [1.54, 1.807) is 18.4 Å². The molecule has 0 radical (unpaired) electrons. The van der Waals surface area contributed by atoms with E-state index in [0.717, 1.165) is 16.7 Å². The fraction of sp³-hybridized carbons (Fsp3) is 0.182. The van der Waals surface area contributed by atoms with Crippen molar-refractivity contribution in [2.45, 2.75) is 26.2 Å². The summed E-state index contributed by atoms with van der Waals surface area (Å²) in [5.41, 5.74) is 3.15. The Morgan fingerprint density at radius 2 is 1.67 bits per heavy atom. The molecule has 0 aliphatic rings. The van der Waals surface area contributed by atoms with Crippen LogP contribution in [0.2, 0.25) is 0 Å². The Morgan fingerprint density at radius 3 is 2.33 bits per heavy atom. The Labute approximate surface area is 157 Å². The molecule has 0 saturated carbocycles. The molecule has 0 spiro atoms. The lowest BCUT2D eigenvalue weighted by Gasteiger charge is -2.22. The van der Waals surface area contributed by atoms with Crippen molar-refractivity contribution >= 4 is 0 Å². The third-order valence-corrected chi connectivity index (χ3v) is 4.46. The summed E-state index contributed by atoms with van der Waals surface area (Å²) < 4.78 is 10.6. The van der Waals surface area contributed by atoms with Gasteiger partial charge in [-0.1, -0.05) is 56.3 Å². The Hall–Kier alpha value is -3.34. The van der Waals surface area contributed by atoms with Gasteiger partial charge in [0, 0.05) is 5.56 Å². The van der Waals surface area contributed by atoms with Crippen LogP contribution in [0.1, 0.15) is 26.3 Å². The molecule has 0 bridgehead atoms. The number of nitrogens with zero attached hydrogens (tertiary/aromatic N) is 2. The molecule has 136 valence electrons. The third kappa shape index (κ3) is 3.24. The molecular weight excluding hydrogens is 340 g/mol. The standard InChI is InChI=1S/C22H20N2O3/c1-22(2,3)15-12-16(14-8-5-4-6-9-14)19(25)17(13-15)20-23-21(27-24-20)18-10-7-11-26-18/h4-13,25H,1-3H3. The molecular formula is C22H20N2O3. The second-order valence-corrected chi connectivity index (χ2v) is 7.44. The summed E-state index contributed by atoms with van der Waals surface area (Å²) >= 11 is 0. The van der Waals surface area contributed by atoms with Gasteiger partial charge in [-0.3, -0.25) is 0 Å². The number of rotatable bonds is 3. The SMILES string of the molecule is CC(C)(C)c1cc(-c2ccccc2)c(O)c(-c2noc(-c3ccco3)n2)c1. The fourth-order valence-corrected chi connectivity index (χ4v) is 2.91. The average Bonchev–Trinajstić information content (AvgIpc) is 3.33. The molecule has 5 heteroatoms. The minimum atomic E-state index is -0.112. The molecule has 0 unspecified atom stereocenters. The lowest BCUT2D eigenvalue weighted by atomic mass is 9.83. The summed E-state index contributed by atoms with van der Waals surface area (Å²) in [6.07, 6.45) is 1.55. The van der Waals surface area contributed by atoms with E-state index in [-0.39, 0.29) is 17.1 Å². The molecule has 2 aromatic carbocycles. The summed E-state index contributed by atoms with van der Waals surface area (Å²) in [5, 5.41) is 15.0. The van der Waals surface area contributed by atoms with Crippen LogP contribution in [0.15, 0.2) is 69.8 Å². The minimum Gasteiger partial charge on any atom is -0.507 e. The highest BCUT2D eigenvalue weighted by molar-refractivity contribution is 5.81. The number of hydrogen-bond acceptors (Lipinski definition) is 5. The van der Waals surface area contributed by atoms with Gasteiger partial charge in [0.1, 0.15) is 5.75 Å². The van der Waals surface area contributed by atoms with E-state index in [9.17, 15) is 5.11 Å². The van der Waals surface area contributed by atoms with E-state index in [2.05, 4.69) is 30.9 Å². The number of benzene rings is 2. The summed E-state index contributed by atoms with van der Waals surface area (Å²) in [6, 6.07) is 17.2. The van der Waals surface area contributed by atoms with Gasteiger partial charge in [0.15, 0.2) is 5.76 Å². The lowest BCUT2D eigenvalue weighted by molar-refractivity contribution is 0.416. The summed E-state index contributed by atoms with van der Waals surface area (Å²) in [4.78, 5) is 4.41. The Kier molecular flexibility index (Phi) is 4.07. The lowest BCUT2D eigenvalue weighted by Crippen LogP contribution is -2.11. The zero-order valence-electron chi connectivity index (χ0n) is 15.4. The van der Waals surface area contributed by atoms with Crippen LogP contribution in [0.5, 0.6) is 5.75 Å². The van der Waals surface area contributed by atoms with E-state index < -0.39 is 0 Å². The molecule has 0 atom stereocenters. The van der Waals surface area contributed by atoms with E-state index in [1.165, 1.54) is 0 Å². The van der Waals surface area contributed by atoms with Crippen LogP contribution < -0.4 is 0 Å². The molecule has 4 aromatic rings. The van der Waals surface area contributed by atoms with Crippen molar-refractivity contribution in [3.63, 3.8) is 0 Å². The first-order valence-corrected chi connectivity index (χ1v) is 8.74. The highest BCUT2D eigenvalue weighted by Gasteiger charge is 2.23. The predicted octanol–water partition coefficient (Wildman–Crippen LogP) is 5.67. The molecule has 27 heavy (non-hydrogen) atoms. The van der Waals surface area contributed by atoms with Crippen LogP contribution in [-0.4, -0.2) is 15.2 Å². The van der Waals surface area contributed by atoms with Crippen LogP contribution in [-0.2, 0) is 5.41 Å². The Bertz CT molecular complexity index is 1060. The second kappa shape index (κ2) is 6.43. The molecule has 2 aromatic heterocycles. The topological polar surface area (TPSA) is 72.3 Å². The van der Waals surface area contributed by atoms with Gasteiger partial charge in [0.25, 0.3) is 5.89 Å². The van der Waals surface area contributed by atoms with Crippen molar-refractivity contribution < 1.29 is 14.0 Å². The molecule has 5 nitrogen and oxygen atoms in total. The van der Waals surface area contributed by atoms with Crippen molar-refractivity contribution in [2.75, 3.05) is 0 Å². The molecule has 1 N–H and O–H groups in total. The van der Waals surface area contributed by atoms with E-state index in [4.69, 9.17) is 8.94 Å². The van der Waals surface area contributed by atoms with Crippen LogP contribution in [0, 0.1) is 0 Å². The highest BCUT2D eigenvalue weighted by atomic mass is 16.5. The maximum absolute atomic E-state index is 11.0. The monoisotopic (exact) mass is 360 g/mol. The normalized spacial score (nSPS) is 11.7. The van der Waals surface area contributed by atoms with Gasteiger partial charge in [-0.2, -0.15) is 4.98 Å². The number of furan rings is 1. The van der Waals surface area contributed by atoms with Gasteiger partial charge in [-0.15, -0.1) is 0 Å². The van der Waals surface area contributed by atoms with E-state index >= 15 is 0 Å². The first-order chi connectivity index (χ1) is 12.9. The van der Waals surface area contributed by atoms with Gasteiger partial charge < -0.3 is 14.0 Å². The number of hydrogen-bond donors (Lipinski definition) is 1. The highest BCUT2D eigenvalue weighted by Crippen LogP contribution is 2.41. The number of phenolic OH excluding ortho intramolecular Hbond substituents is 1. The maximum atomic E-state index is 11.0. The molecule has 0 aliphatic carbocycles. The summed E-state index contributed by atoms with van der Waals surface area (Å²) in [6.45, 7) is 6.38. The van der Waals surface area contributed by atoms with Crippen LogP contribution >= 0.6 is 0 Å². The van der Waals surface area contributed by atoms with Crippen LogP contribution in [0.4, 0.5) is 0 Å². The van der Waals surface area contributed by atoms with Crippen molar-refractivity contribution in [1.29, 1.82) is 0 Å². The maximum Gasteiger partial charge on any atom is 0.293 e. The molecule has 2 heterocycles. The molecule has 4 rings (SSSR count). The van der Waals surface area contributed by atoms with Crippen molar-refractivity contribution in [1.82, 2.24) is 10.1 Å². The number of aromatic nitrogens is 2. The molecule has 0 fully saturated rings. The zero-order chi connectivity index (χ0) is 19.0. The van der Waals surface area contributed by atoms with Gasteiger partial charge in [0.2, 0.25) is 5.82 Å². The van der Waals surface area contributed by atoms with Gasteiger partial charge in [0.05, 0.1) is 11.8 Å². The predicted molar refractivity (Wildman–Crippen MR) is 103 cm³/mol. The van der Waals surface area contributed by atoms with E-state index in [1.807, 2.05) is 42.5 Å². The second-order valence-electron chi connectivity index (χ2n) is 7.44. The minimum absolute atomic E-state index is 0.112. The smallest absolute Gasteiger partial charge is 0.293 e. The van der Waals surface area contributed by atoms with E-state index in [0.29, 0.717) is 17.1 Å². The number of aromatic hydroxyl groups is 1. The molecule has 0 amide bonds. The van der Waals surface area contributed by atoms with Crippen molar-refractivity contribution in [2.24, 2.45) is 0 Å². The first-order valence-electron chi connectivity index (χ1n) is 8.74. The zero-order valence-corrected chi connectivity index (χ0v) is 15.4. The first kappa shape index (κ1) is 17.1. The van der Waals surface area contributed by atoms with Crippen molar-refractivity contribution in [3.05, 3.63) is 66.4 Å². The summed E-state index contributed by atoms with van der Waals surface area (Å²) in [5.74, 6) is 1.21. The molecule has 0 saturated heterocycles. The fourth-order valence-electron chi connectivity index (χ4n) is 2.91. The van der Waals surface area contributed by atoms with Gasteiger partial charge in [-0.05, 0) is 40.8 Å². The van der Waals surface area contributed by atoms with Crippen molar-refractivity contribution in [3.8, 4) is 39.9 Å². The van der Waals surface area contributed by atoms with Crippen LogP contribution in [0.3, 0.4) is 0 Å². The Morgan fingerprint density at radius 1 is 0.926 bits per heavy atom. The largest absolute Gasteiger partial charge is 0.507 e. The summed E-state index contributed by atoms with van der Waals surface area (Å²) in [7, 11) is 0. The van der Waals surface area contributed by atoms with Crippen LogP contribution in [0.25, 0.3) is 34.2 Å². The van der Waals surface area contributed by atoms with Gasteiger partial charge >= 0.3 is 0 Å². The third-order valence-electron chi connectivity index (χ3n) is 4.46. The molecule has 0 aliphatic heterocycles. The van der Waals surface area contributed by atoms with Gasteiger partial charge in [-0.25, -0.2) is 0 Å². The number of phenols is 1. The Balaban J connectivity index is 1.90. The quantitative estimate of drug-likeness (QED) is 0.510. The average molecular weight is 360 g/mol.